The minimum Gasteiger partial charge on any atom is -0.434 e. The van der Waals surface area contributed by atoms with Gasteiger partial charge in [-0.05, 0) is 44.4 Å². The van der Waals surface area contributed by atoms with Crippen LogP contribution in [0.3, 0.4) is 0 Å². The van der Waals surface area contributed by atoms with Crippen molar-refractivity contribution >= 4 is 23.1 Å². The van der Waals surface area contributed by atoms with Crippen LogP contribution >= 0.6 is 0 Å². The standard InChI is InChI=1S/C26H30F2N8O3/c1-16-4-5-20(39-26(27)28)18(14-16)22-19(15-36(32-22)17-6-11-34(12-7-17)9-3-13-37)31-25(38)21-23(29)33-35-10-2-8-30-24(21)35/h2,4-5,8,10,14-15,17,26,37H,3,6-7,9,11-13H2,1H3,(H2,29,33)(H,31,38). The minimum atomic E-state index is -3.03. The summed E-state index contributed by atoms with van der Waals surface area (Å²) in [5, 5.41) is 20.9. The molecule has 13 heteroatoms. The molecular formula is C26H30F2N8O3. The largest absolute Gasteiger partial charge is 0.434 e. The van der Waals surface area contributed by atoms with Crippen molar-refractivity contribution in [2.45, 2.75) is 38.8 Å². The first-order valence-corrected chi connectivity index (χ1v) is 12.7. The number of hydrogen-bond acceptors (Lipinski definition) is 8. The van der Waals surface area contributed by atoms with Crippen molar-refractivity contribution in [2.75, 3.05) is 37.3 Å². The fraction of sp³-hybridized carbons (Fsp3) is 0.385. The average molecular weight is 541 g/mol. The summed E-state index contributed by atoms with van der Waals surface area (Å²) in [7, 11) is 0. The number of nitrogens with two attached hydrogens (primary N) is 1. The molecule has 4 heterocycles. The van der Waals surface area contributed by atoms with E-state index in [1.807, 2.05) is 6.92 Å². The second-order valence-electron chi connectivity index (χ2n) is 9.50. The normalized spacial score (nSPS) is 14.8. The van der Waals surface area contributed by atoms with E-state index >= 15 is 0 Å². The number of nitrogens with one attached hydrogen (secondary N) is 1. The number of ether oxygens (including phenoxy) is 1. The van der Waals surface area contributed by atoms with Gasteiger partial charge in [0.15, 0.2) is 11.5 Å². The molecule has 1 saturated heterocycles. The molecule has 3 aromatic heterocycles. The Labute approximate surface area is 223 Å². The number of piperidine rings is 1. The predicted octanol–water partition coefficient (Wildman–Crippen LogP) is 3.36. The van der Waals surface area contributed by atoms with Gasteiger partial charge in [-0.25, -0.2) is 9.50 Å². The van der Waals surface area contributed by atoms with Crippen molar-refractivity contribution in [1.82, 2.24) is 29.3 Å². The molecule has 1 fully saturated rings. The van der Waals surface area contributed by atoms with Crippen LogP contribution in [-0.2, 0) is 0 Å². The Balaban J connectivity index is 1.51. The van der Waals surface area contributed by atoms with E-state index in [4.69, 9.17) is 20.7 Å². The summed E-state index contributed by atoms with van der Waals surface area (Å²) in [4.78, 5) is 20.0. The van der Waals surface area contributed by atoms with Crippen LogP contribution in [0.5, 0.6) is 5.75 Å². The van der Waals surface area contributed by atoms with Gasteiger partial charge in [-0.1, -0.05) is 11.6 Å². The molecule has 0 saturated carbocycles. The Hall–Kier alpha value is -4.10. The van der Waals surface area contributed by atoms with Crippen molar-refractivity contribution in [3.63, 3.8) is 0 Å². The third-order valence-electron chi connectivity index (χ3n) is 6.80. The summed E-state index contributed by atoms with van der Waals surface area (Å²) in [6, 6.07) is 6.54. The molecule has 0 radical (unpaired) electrons. The van der Waals surface area contributed by atoms with Crippen molar-refractivity contribution in [2.24, 2.45) is 0 Å². The number of hydrogen-bond donors (Lipinski definition) is 3. The number of aryl methyl sites for hydroxylation is 1. The second-order valence-corrected chi connectivity index (χ2v) is 9.50. The number of nitrogen functional groups attached to an aromatic ring is 1. The monoisotopic (exact) mass is 540 g/mol. The van der Waals surface area contributed by atoms with Crippen LogP contribution in [0.15, 0.2) is 42.9 Å². The number of carbonyl (C=O) groups is 1. The summed E-state index contributed by atoms with van der Waals surface area (Å²) in [5.74, 6) is -0.593. The number of amides is 1. The first-order chi connectivity index (χ1) is 18.8. The SMILES string of the molecule is Cc1ccc(OC(F)F)c(-c2nn(C3CCN(CCCO)CC3)cc2NC(=O)c2c(N)nn3cccnc23)c1. The summed E-state index contributed by atoms with van der Waals surface area (Å²) in [6.07, 6.45) is 7.20. The third kappa shape index (κ3) is 5.68. The van der Waals surface area contributed by atoms with Crippen LogP contribution in [0, 0.1) is 6.92 Å². The predicted molar refractivity (Wildman–Crippen MR) is 141 cm³/mol. The molecule has 206 valence electrons. The Bertz CT molecular complexity index is 1460. The molecule has 5 rings (SSSR count). The van der Waals surface area contributed by atoms with Crippen LogP contribution in [0.1, 0.15) is 41.2 Å². The van der Waals surface area contributed by atoms with Gasteiger partial charge >= 0.3 is 6.61 Å². The molecule has 0 spiro atoms. The van der Waals surface area contributed by atoms with Crippen molar-refractivity contribution in [1.29, 1.82) is 0 Å². The summed E-state index contributed by atoms with van der Waals surface area (Å²) in [5.41, 5.74) is 8.19. The number of halogens is 2. The second kappa shape index (κ2) is 11.3. The van der Waals surface area contributed by atoms with Gasteiger partial charge in [0.25, 0.3) is 5.91 Å². The maximum Gasteiger partial charge on any atom is 0.387 e. The number of nitrogens with zero attached hydrogens (tertiary/aromatic N) is 6. The van der Waals surface area contributed by atoms with E-state index < -0.39 is 12.5 Å². The lowest BCUT2D eigenvalue weighted by Crippen LogP contribution is -2.35. The highest BCUT2D eigenvalue weighted by Crippen LogP contribution is 2.37. The van der Waals surface area contributed by atoms with Gasteiger partial charge < -0.3 is 25.8 Å². The minimum absolute atomic E-state index is 0.00710. The fourth-order valence-electron chi connectivity index (χ4n) is 4.91. The first kappa shape index (κ1) is 26.5. The molecule has 1 aliphatic rings. The Kier molecular flexibility index (Phi) is 7.70. The molecule has 0 atom stereocenters. The van der Waals surface area contributed by atoms with Crippen LogP contribution in [-0.4, -0.2) is 73.1 Å². The van der Waals surface area contributed by atoms with Crippen molar-refractivity contribution in [3.05, 3.63) is 54.0 Å². The van der Waals surface area contributed by atoms with E-state index in [1.165, 1.54) is 16.8 Å². The number of aliphatic hydroxyl groups excluding tert-OH is 1. The van der Waals surface area contributed by atoms with E-state index in [0.29, 0.717) is 23.4 Å². The molecule has 4 N–H and O–H groups in total. The number of anilines is 2. The Morgan fingerprint density at radius 1 is 1.28 bits per heavy atom. The van der Waals surface area contributed by atoms with Crippen LogP contribution in [0.2, 0.25) is 0 Å². The fourth-order valence-corrected chi connectivity index (χ4v) is 4.91. The van der Waals surface area contributed by atoms with Gasteiger partial charge in [0.2, 0.25) is 0 Å². The van der Waals surface area contributed by atoms with Crippen LogP contribution < -0.4 is 15.8 Å². The van der Waals surface area contributed by atoms with Gasteiger partial charge in [0, 0.05) is 50.4 Å². The number of alkyl halides is 2. The maximum atomic E-state index is 13.5. The van der Waals surface area contributed by atoms with Crippen LogP contribution in [0.25, 0.3) is 16.9 Å². The quantitative estimate of drug-likeness (QED) is 0.294. The number of fused-ring (bicyclic) bond motifs is 1. The molecular weight excluding hydrogens is 510 g/mol. The number of rotatable bonds is 9. The zero-order valence-corrected chi connectivity index (χ0v) is 21.4. The number of aliphatic hydroxyl groups is 1. The zero-order chi connectivity index (χ0) is 27.5. The van der Waals surface area contributed by atoms with Gasteiger partial charge in [-0.15, -0.1) is 5.10 Å². The number of carbonyl (C=O) groups excluding carboxylic acids is 1. The highest BCUT2D eigenvalue weighted by molar-refractivity contribution is 6.12. The topological polar surface area (TPSA) is 136 Å². The van der Waals surface area contributed by atoms with Crippen molar-refractivity contribution in [3.8, 4) is 17.0 Å². The molecule has 1 aliphatic heterocycles. The lowest BCUT2D eigenvalue weighted by molar-refractivity contribution is -0.0494. The smallest absolute Gasteiger partial charge is 0.387 e. The first-order valence-electron chi connectivity index (χ1n) is 12.7. The summed E-state index contributed by atoms with van der Waals surface area (Å²) in [6.45, 7) is 1.43. The van der Waals surface area contributed by atoms with E-state index in [0.717, 1.165) is 38.0 Å². The molecule has 0 aliphatic carbocycles. The van der Waals surface area contributed by atoms with Gasteiger partial charge in [0.05, 0.1) is 11.7 Å². The summed E-state index contributed by atoms with van der Waals surface area (Å²) >= 11 is 0. The lowest BCUT2D eigenvalue weighted by Gasteiger charge is -2.31. The number of likely N-dealkylation sites (tertiary alicyclic amines) is 1. The maximum absolute atomic E-state index is 13.5. The number of aromatic nitrogens is 5. The van der Waals surface area contributed by atoms with E-state index in [9.17, 15) is 13.6 Å². The van der Waals surface area contributed by atoms with E-state index in [1.54, 1.807) is 35.3 Å². The Morgan fingerprint density at radius 2 is 2.08 bits per heavy atom. The van der Waals surface area contributed by atoms with Gasteiger partial charge in [-0.2, -0.15) is 13.9 Å². The molecule has 1 aromatic carbocycles. The highest BCUT2D eigenvalue weighted by atomic mass is 19.3. The third-order valence-corrected chi connectivity index (χ3v) is 6.80. The van der Waals surface area contributed by atoms with E-state index in [-0.39, 0.29) is 35.4 Å². The molecule has 11 nitrogen and oxygen atoms in total. The number of benzene rings is 1. The molecule has 39 heavy (non-hydrogen) atoms. The molecule has 0 unspecified atom stereocenters. The van der Waals surface area contributed by atoms with Gasteiger partial charge in [0.1, 0.15) is 17.0 Å². The van der Waals surface area contributed by atoms with Crippen molar-refractivity contribution < 1.29 is 23.4 Å². The zero-order valence-electron chi connectivity index (χ0n) is 21.4. The highest BCUT2D eigenvalue weighted by Gasteiger charge is 2.27. The average Bonchev–Trinajstić information content (AvgIpc) is 3.48. The molecule has 0 bridgehead atoms. The summed E-state index contributed by atoms with van der Waals surface area (Å²) < 4.78 is 34.5. The van der Waals surface area contributed by atoms with Crippen LogP contribution in [0.4, 0.5) is 20.3 Å². The van der Waals surface area contributed by atoms with Gasteiger partial charge in [-0.3, -0.25) is 9.48 Å². The molecule has 4 aromatic rings. The molecule has 1 amide bonds. The Morgan fingerprint density at radius 3 is 2.82 bits per heavy atom. The lowest BCUT2D eigenvalue weighted by atomic mass is 10.1. The van der Waals surface area contributed by atoms with E-state index in [2.05, 4.69) is 20.3 Å².